The number of aromatic nitrogens is 3. The molecule has 2 rings (SSSR count). The van der Waals surface area contributed by atoms with Crippen LogP contribution in [0.5, 0.6) is 5.06 Å². The third-order valence-corrected chi connectivity index (χ3v) is 3.56. The average Bonchev–Trinajstić information content (AvgIpc) is 2.75. The maximum atomic E-state index is 11.9. The van der Waals surface area contributed by atoms with Gasteiger partial charge in [-0.15, -0.1) is 0 Å². The summed E-state index contributed by atoms with van der Waals surface area (Å²) < 4.78 is 1.54. The predicted molar refractivity (Wildman–Crippen MR) is 80.5 cm³/mol. The number of rotatable bonds is 3. The summed E-state index contributed by atoms with van der Waals surface area (Å²) in [4.78, 5) is 35.9. The highest BCUT2D eigenvalue weighted by Gasteiger charge is 2.14. The lowest BCUT2D eigenvalue weighted by atomic mass is 10.2. The fraction of sp³-hybridized carbons (Fsp3) is 0.250. The summed E-state index contributed by atoms with van der Waals surface area (Å²) in [7, 11) is 1.70. The minimum absolute atomic E-state index is 0.0657. The molecule has 9 nitrogen and oxygen atoms in total. The average molecular weight is 323 g/mol. The molecule has 0 spiro atoms. The Morgan fingerprint density at radius 1 is 1.50 bits per heavy atom. The van der Waals surface area contributed by atoms with Crippen LogP contribution in [0.25, 0.3) is 0 Å². The van der Waals surface area contributed by atoms with Gasteiger partial charge in [0.15, 0.2) is 10.8 Å². The number of aryl methyl sites for hydroxylation is 2. The standard InChI is InChI=1S/C12H13N5O4S/c1-5-4-7(16-17(5)3)9(18)15-14-6(2)8-10(19)13-12(21)22-11(8)20/h4,20H,1-3H3,(H,15,18)(H,13,19,21)/b14-6+. The predicted octanol–water partition coefficient (Wildman–Crippen LogP) is -0.302. The number of aromatic amines is 1. The molecule has 0 saturated heterocycles. The van der Waals surface area contributed by atoms with Crippen molar-refractivity contribution in [3.8, 4) is 5.06 Å². The number of carbonyl (C=O) groups excluding carboxylic acids is 1. The van der Waals surface area contributed by atoms with E-state index in [1.807, 2.05) is 4.98 Å². The Morgan fingerprint density at radius 2 is 2.18 bits per heavy atom. The summed E-state index contributed by atoms with van der Waals surface area (Å²) in [6, 6.07) is 1.58. The first-order chi connectivity index (χ1) is 10.3. The number of carbonyl (C=O) groups is 1. The molecule has 0 aliphatic carbocycles. The molecule has 0 aliphatic heterocycles. The summed E-state index contributed by atoms with van der Waals surface area (Å²) >= 11 is 0.472. The molecule has 10 heteroatoms. The van der Waals surface area contributed by atoms with E-state index in [-0.39, 0.29) is 17.0 Å². The van der Waals surface area contributed by atoms with E-state index in [0.29, 0.717) is 11.3 Å². The van der Waals surface area contributed by atoms with Crippen LogP contribution >= 0.6 is 11.3 Å². The molecule has 1 amide bonds. The van der Waals surface area contributed by atoms with E-state index in [9.17, 15) is 19.5 Å². The van der Waals surface area contributed by atoms with E-state index in [2.05, 4.69) is 15.6 Å². The molecule has 0 atom stereocenters. The summed E-state index contributed by atoms with van der Waals surface area (Å²) in [5.74, 6) is -0.553. The molecule has 0 radical (unpaired) electrons. The van der Waals surface area contributed by atoms with Crippen molar-refractivity contribution in [1.29, 1.82) is 0 Å². The molecule has 0 aliphatic rings. The van der Waals surface area contributed by atoms with Gasteiger partial charge in [0.25, 0.3) is 11.5 Å². The number of hydrazone groups is 1. The van der Waals surface area contributed by atoms with Crippen molar-refractivity contribution in [1.82, 2.24) is 20.2 Å². The maximum absolute atomic E-state index is 11.9. The zero-order valence-electron chi connectivity index (χ0n) is 12.0. The lowest BCUT2D eigenvalue weighted by Gasteiger charge is -2.02. The van der Waals surface area contributed by atoms with Crippen LogP contribution in [0, 0.1) is 6.92 Å². The zero-order chi connectivity index (χ0) is 16.4. The van der Waals surface area contributed by atoms with Crippen molar-refractivity contribution in [3.63, 3.8) is 0 Å². The van der Waals surface area contributed by atoms with Crippen LogP contribution in [0.1, 0.15) is 28.7 Å². The van der Waals surface area contributed by atoms with E-state index >= 15 is 0 Å². The minimum atomic E-state index is -0.773. The molecular weight excluding hydrogens is 310 g/mol. The first-order valence-electron chi connectivity index (χ1n) is 6.11. The quantitative estimate of drug-likeness (QED) is 0.527. The highest BCUT2D eigenvalue weighted by Crippen LogP contribution is 2.15. The number of amides is 1. The van der Waals surface area contributed by atoms with Crippen LogP contribution in [-0.4, -0.2) is 31.5 Å². The SMILES string of the molecule is C/C(=N\NC(=O)c1cc(C)n(C)n1)c1c(O)sc(=O)[nH]c1=O. The van der Waals surface area contributed by atoms with Crippen molar-refractivity contribution in [3.05, 3.63) is 43.0 Å². The molecule has 116 valence electrons. The molecule has 2 aromatic heterocycles. The van der Waals surface area contributed by atoms with Crippen LogP contribution in [0.4, 0.5) is 0 Å². The van der Waals surface area contributed by atoms with E-state index in [4.69, 9.17) is 0 Å². The Morgan fingerprint density at radius 3 is 2.73 bits per heavy atom. The van der Waals surface area contributed by atoms with Gasteiger partial charge in [0.05, 0.1) is 5.71 Å². The van der Waals surface area contributed by atoms with Gasteiger partial charge in [-0.1, -0.05) is 0 Å². The molecule has 3 N–H and O–H groups in total. The summed E-state index contributed by atoms with van der Waals surface area (Å²) in [6.07, 6.45) is 0. The molecule has 22 heavy (non-hydrogen) atoms. The number of aromatic hydroxyl groups is 1. The molecule has 0 bridgehead atoms. The van der Waals surface area contributed by atoms with Crippen molar-refractivity contribution in [2.75, 3.05) is 0 Å². The minimum Gasteiger partial charge on any atom is -0.499 e. The van der Waals surface area contributed by atoms with Gasteiger partial charge in [-0.05, 0) is 31.3 Å². The zero-order valence-corrected chi connectivity index (χ0v) is 12.8. The smallest absolute Gasteiger partial charge is 0.310 e. The third-order valence-electron chi connectivity index (χ3n) is 2.88. The first-order valence-corrected chi connectivity index (χ1v) is 6.93. The van der Waals surface area contributed by atoms with Gasteiger partial charge in [-0.3, -0.25) is 24.0 Å². The number of nitrogens with one attached hydrogen (secondary N) is 2. The molecule has 0 saturated carbocycles. The highest BCUT2D eigenvalue weighted by molar-refractivity contribution is 7.11. The van der Waals surface area contributed by atoms with Crippen LogP contribution in [0.3, 0.4) is 0 Å². The normalized spacial score (nSPS) is 11.5. The molecule has 2 heterocycles. The Bertz CT molecular complexity index is 857. The van der Waals surface area contributed by atoms with Crippen molar-refractivity contribution in [2.45, 2.75) is 13.8 Å². The number of hydrogen-bond donors (Lipinski definition) is 3. The van der Waals surface area contributed by atoms with Gasteiger partial charge in [-0.25, -0.2) is 5.43 Å². The second kappa shape index (κ2) is 5.93. The lowest BCUT2D eigenvalue weighted by Crippen LogP contribution is -2.25. The molecule has 0 aromatic carbocycles. The second-order valence-electron chi connectivity index (χ2n) is 4.46. The third kappa shape index (κ3) is 3.11. The molecule has 0 unspecified atom stereocenters. The van der Waals surface area contributed by atoms with Crippen LogP contribution in [0.2, 0.25) is 0 Å². The summed E-state index contributed by atoms with van der Waals surface area (Å²) in [5, 5.41) is 16.9. The van der Waals surface area contributed by atoms with E-state index in [1.54, 1.807) is 20.0 Å². The summed E-state index contributed by atoms with van der Waals surface area (Å²) in [6.45, 7) is 3.22. The second-order valence-corrected chi connectivity index (χ2v) is 5.42. The summed E-state index contributed by atoms with van der Waals surface area (Å²) in [5.41, 5.74) is 2.34. The maximum Gasteiger partial charge on any atom is 0.310 e. The van der Waals surface area contributed by atoms with Gasteiger partial charge in [-0.2, -0.15) is 10.2 Å². The van der Waals surface area contributed by atoms with E-state index in [1.165, 1.54) is 11.6 Å². The highest BCUT2D eigenvalue weighted by atomic mass is 32.1. The Kier molecular flexibility index (Phi) is 4.22. The van der Waals surface area contributed by atoms with Crippen LogP contribution in [-0.2, 0) is 7.05 Å². The van der Waals surface area contributed by atoms with Crippen molar-refractivity contribution in [2.24, 2.45) is 12.1 Å². The van der Waals surface area contributed by atoms with E-state index < -0.39 is 21.4 Å². The number of hydrogen-bond acceptors (Lipinski definition) is 7. The number of nitrogens with zero attached hydrogens (tertiary/aromatic N) is 3. The topological polar surface area (TPSA) is 129 Å². The van der Waals surface area contributed by atoms with Crippen molar-refractivity contribution >= 4 is 23.0 Å². The Balaban J connectivity index is 2.25. The fourth-order valence-corrected chi connectivity index (χ4v) is 2.32. The fourth-order valence-electron chi connectivity index (χ4n) is 1.66. The van der Waals surface area contributed by atoms with Gasteiger partial charge in [0.2, 0.25) is 0 Å². The van der Waals surface area contributed by atoms with Gasteiger partial charge in [0, 0.05) is 12.7 Å². The van der Waals surface area contributed by atoms with Crippen LogP contribution < -0.4 is 15.9 Å². The van der Waals surface area contributed by atoms with Gasteiger partial charge < -0.3 is 5.11 Å². The Hall–Kier alpha value is -2.75. The van der Waals surface area contributed by atoms with E-state index in [0.717, 1.165) is 5.69 Å². The largest absolute Gasteiger partial charge is 0.499 e. The first kappa shape index (κ1) is 15.6. The molecule has 2 aromatic rings. The van der Waals surface area contributed by atoms with Crippen LogP contribution in [0.15, 0.2) is 20.8 Å². The molecular formula is C12H13N5O4S. The Labute approximate surface area is 127 Å². The lowest BCUT2D eigenvalue weighted by molar-refractivity contribution is 0.0949. The van der Waals surface area contributed by atoms with Gasteiger partial charge >= 0.3 is 4.87 Å². The molecule has 0 fully saturated rings. The number of H-pyrrole nitrogens is 1. The van der Waals surface area contributed by atoms with Crippen molar-refractivity contribution < 1.29 is 9.90 Å². The monoisotopic (exact) mass is 323 g/mol. The van der Waals surface area contributed by atoms with Gasteiger partial charge in [0.1, 0.15) is 5.56 Å².